The third-order valence-corrected chi connectivity index (χ3v) is 4.59. The van der Waals surface area contributed by atoms with Gasteiger partial charge in [-0.1, -0.05) is 56.0 Å². The van der Waals surface area contributed by atoms with Crippen LogP contribution in [0.2, 0.25) is 0 Å². The summed E-state index contributed by atoms with van der Waals surface area (Å²) in [5, 5.41) is 0. The van der Waals surface area contributed by atoms with Crippen molar-refractivity contribution in [2.75, 3.05) is 0 Å². The van der Waals surface area contributed by atoms with E-state index in [1.54, 1.807) is 0 Å². The average Bonchev–Trinajstić information content (AvgIpc) is 2.93. The highest BCUT2D eigenvalue weighted by Gasteiger charge is 2.13. The minimum atomic E-state index is 0.314. The lowest BCUT2D eigenvalue weighted by Gasteiger charge is -2.09. The van der Waals surface area contributed by atoms with Gasteiger partial charge < -0.3 is 4.57 Å². The van der Waals surface area contributed by atoms with Gasteiger partial charge in [0.05, 0.1) is 0 Å². The Bertz CT molecular complexity index is 612. The zero-order chi connectivity index (χ0) is 15.2. The number of rotatable bonds is 2. The van der Waals surface area contributed by atoms with Gasteiger partial charge in [0, 0.05) is 30.4 Å². The number of aryl methyl sites for hydroxylation is 1. The van der Waals surface area contributed by atoms with E-state index in [2.05, 4.69) is 41.1 Å². The predicted molar refractivity (Wildman–Crippen MR) is 90.3 cm³/mol. The molecule has 22 heavy (non-hydrogen) atoms. The summed E-state index contributed by atoms with van der Waals surface area (Å²) in [7, 11) is 0. The summed E-state index contributed by atoms with van der Waals surface area (Å²) in [5.74, 6) is 0.314. The van der Waals surface area contributed by atoms with E-state index in [0.29, 0.717) is 12.2 Å². The molecule has 0 atom stereocenters. The Labute approximate surface area is 133 Å². The molecule has 116 valence electrons. The number of ketones is 1. The van der Waals surface area contributed by atoms with Crippen LogP contribution in [0.25, 0.3) is 0 Å². The third kappa shape index (κ3) is 3.88. The minimum Gasteiger partial charge on any atom is -0.346 e. The van der Waals surface area contributed by atoms with Crippen LogP contribution >= 0.6 is 0 Å². The van der Waals surface area contributed by atoms with Gasteiger partial charge in [-0.25, -0.2) is 0 Å². The first-order chi connectivity index (χ1) is 10.8. The zero-order valence-electron chi connectivity index (χ0n) is 13.3. The van der Waals surface area contributed by atoms with E-state index in [4.69, 9.17) is 0 Å². The van der Waals surface area contributed by atoms with Crippen molar-refractivity contribution < 1.29 is 4.79 Å². The molecule has 0 unspecified atom stereocenters. The topological polar surface area (TPSA) is 22.0 Å². The van der Waals surface area contributed by atoms with E-state index in [-0.39, 0.29) is 0 Å². The molecule has 1 aromatic carbocycles. The summed E-state index contributed by atoms with van der Waals surface area (Å²) in [6.07, 6.45) is 11.2. The van der Waals surface area contributed by atoms with Crippen LogP contribution in [0.5, 0.6) is 0 Å². The van der Waals surface area contributed by atoms with Crippen LogP contribution in [-0.4, -0.2) is 10.4 Å². The van der Waals surface area contributed by atoms with Crippen LogP contribution < -0.4 is 0 Å². The molecule has 1 aliphatic carbocycles. The van der Waals surface area contributed by atoms with Crippen molar-refractivity contribution in [1.29, 1.82) is 0 Å². The van der Waals surface area contributed by atoms with Crippen LogP contribution in [-0.2, 0) is 13.0 Å². The van der Waals surface area contributed by atoms with E-state index < -0.39 is 0 Å². The highest BCUT2D eigenvalue weighted by Crippen LogP contribution is 2.19. The normalized spacial score (nSPS) is 16.8. The average molecular weight is 295 g/mol. The van der Waals surface area contributed by atoms with E-state index >= 15 is 0 Å². The van der Waals surface area contributed by atoms with Crippen LogP contribution in [0, 0.1) is 0 Å². The van der Waals surface area contributed by atoms with Crippen molar-refractivity contribution in [1.82, 2.24) is 4.57 Å². The molecule has 0 fully saturated rings. The number of carbonyl (C=O) groups excluding carboxylic acids is 1. The maximum absolute atomic E-state index is 12.3. The molecule has 0 amide bonds. The first kappa shape index (κ1) is 15.1. The van der Waals surface area contributed by atoms with E-state index in [1.807, 2.05) is 6.07 Å². The Morgan fingerprint density at radius 2 is 1.55 bits per heavy atom. The summed E-state index contributed by atoms with van der Waals surface area (Å²) in [5.41, 5.74) is 3.52. The van der Waals surface area contributed by atoms with Crippen LogP contribution in [0.3, 0.4) is 0 Å². The van der Waals surface area contributed by atoms with Crippen LogP contribution in [0.4, 0.5) is 0 Å². The Kier molecular flexibility index (Phi) is 5.10. The number of carbonyl (C=O) groups is 1. The Balaban J connectivity index is 1.83. The summed E-state index contributed by atoms with van der Waals surface area (Å²) >= 11 is 0. The molecule has 0 N–H and O–H groups in total. The van der Waals surface area contributed by atoms with Gasteiger partial charge in [-0.15, -0.1) is 0 Å². The molecule has 0 spiro atoms. The predicted octanol–water partition coefficient (Wildman–Crippen LogP) is 5.01. The summed E-state index contributed by atoms with van der Waals surface area (Å²) in [6, 6.07) is 12.6. The molecule has 0 radical (unpaired) electrons. The molecular weight excluding hydrogens is 270 g/mol. The molecule has 2 heteroatoms. The van der Waals surface area contributed by atoms with Crippen molar-refractivity contribution in [3.05, 3.63) is 59.4 Å². The molecule has 0 aliphatic heterocycles. The van der Waals surface area contributed by atoms with Crippen molar-refractivity contribution in [3.8, 4) is 0 Å². The fourth-order valence-electron chi connectivity index (χ4n) is 3.29. The first-order valence-corrected chi connectivity index (χ1v) is 8.59. The summed E-state index contributed by atoms with van der Waals surface area (Å²) in [6.45, 7) is 0.865. The second-order valence-corrected chi connectivity index (χ2v) is 6.38. The number of Topliss-reactive ketones (excluding diaryl/α,β-unsaturated/α-hetero) is 1. The number of fused-ring (bicyclic) bond motifs is 2. The van der Waals surface area contributed by atoms with Gasteiger partial charge in [0.15, 0.2) is 5.78 Å². The summed E-state index contributed by atoms with van der Waals surface area (Å²) in [4.78, 5) is 12.3. The highest BCUT2D eigenvalue weighted by molar-refractivity contribution is 5.96. The lowest BCUT2D eigenvalue weighted by atomic mass is 10.0. The molecule has 2 nitrogen and oxygen atoms in total. The molecule has 1 aromatic heterocycles. The fourth-order valence-corrected chi connectivity index (χ4v) is 3.29. The van der Waals surface area contributed by atoms with Gasteiger partial charge >= 0.3 is 0 Å². The van der Waals surface area contributed by atoms with Crippen LogP contribution in [0.15, 0.2) is 42.6 Å². The van der Waals surface area contributed by atoms with Gasteiger partial charge in [0.1, 0.15) is 0 Å². The quantitative estimate of drug-likeness (QED) is 0.763. The molecule has 0 saturated carbocycles. The monoisotopic (exact) mass is 295 g/mol. The molecule has 1 aliphatic rings. The van der Waals surface area contributed by atoms with E-state index in [0.717, 1.165) is 24.9 Å². The fraction of sp³-hybridized carbons (Fsp3) is 0.450. The van der Waals surface area contributed by atoms with Gasteiger partial charge in [0.25, 0.3) is 0 Å². The van der Waals surface area contributed by atoms with Crippen molar-refractivity contribution in [3.63, 3.8) is 0 Å². The lowest BCUT2D eigenvalue weighted by Crippen LogP contribution is -2.03. The Hall–Kier alpha value is -1.83. The maximum Gasteiger partial charge on any atom is 0.164 e. The maximum atomic E-state index is 12.3. The Morgan fingerprint density at radius 1 is 0.864 bits per heavy atom. The highest BCUT2D eigenvalue weighted by atomic mass is 16.1. The van der Waals surface area contributed by atoms with Gasteiger partial charge in [-0.2, -0.15) is 0 Å². The Morgan fingerprint density at radius 3 is 2.32 bits per heavy atom. The van der Waals surface area contributed by atoms with Crippen molar-refractivity contribution in [2.45, 2.75) is 57.9 Å². The molecule has 1 heterocycles. The number of nitrogens with zero attached hydrogens (tertiary/aromatic N) is 1. The zero-order valence-corrected chi connectivity index (χ0v) is 13.3. The number of hydrogen-bond donors (Lipinski definition) is 0. The first-order valence-electron chi connectivity index (χ1n) is 8.59. The van der Waals surface area contributed by atoms with Gasteiger partial charge in [0.2, 0.25) is 0 Å². The number of benzene rings is 1. The lowest BCUT2D eigenvalue weighted by molar-refractivity contribution is 0.0979. The second-order valence-electron chi connectivity index (χ2n) is 6.38. The molecule has 2 bridgehead atoms. The molecule has 0 saturated heterocycles. The smallest absolute Gasteiger partial charge is 0.164 e. The molecule has 3 rings (SSSR count). The third-order valence-electron chi connectivity index (χ3n) is 4.59. The standard InChI is InChI=1S/C20H25NO/c22-20-13-9-4-2-1-3-8-12-19-14-18(20)16-21(19)15-17-10-6-5-7-11-17/h5-7,10-11,14,16H,1-4,8-9,12-13,15H2. The van der Waals surface area contributed by atoms with Crippen LogP contribution in [0.1, 0.15) is 66.6 Å². The van der Waals surface area contributed by atoms with E-state index in [1.165, 1.54) is 43.4 Å². The van der Waals surface area contributed by atoms with Crippen molar-refractivity contribution in [2.24, 2.45) is 0 Å². The minimum absolute atomic E-state index is 0.314. The number of hydrogen-bond acceptors (Lipinski definition) is 1. The molecule has 2 aromatic rings. The SMILES string of the molecule is O=C1CCCCCCCCc2cc1cn2Cc1ccccc1. The summed E-state index contributed by atoms with van der Waals surface area (Å²) < 4.78 is 2.28. The van der Waals surface area contributed by atoms with Gasteiger partial charge in [-0.05, 0) is 30.9 Å². The van der Waals surface area contributed by atoms with Crippen molar-refractivity contribution >= 4 is 5.78 Å². The van der Waals surface area contributed by atoms with Gasteiger partial charge in [-0.3, -0.25) is 4.79 Å². The molecular formula is C20H25NO. The number of aromatic nitrogens is 1. The second kappa shape index (κ2) is 7.44. The van der Waals surface area contributed by atoms with E-state index in [9.17, 15) is 4.79 Å². The largest absolute Gasteiger partial charge is 0.346 e.